The van der Waals surface area contributed by atoms with Gasteiger partial charge >= 0.3 is 0 Å². The fourth-order valence-electron chi connectivity index (χ4n) is 2.37. The van der Waals surface area contributed by atoms with Gasteiger partial charge in [0.1, 0.15) is 0 Å². The molecule has 0 N–H and O–H groups in total. The third kappa shape index (κ3) is 11.9. The first-order valence-corrected chi connectivity index (χ1v) is 8.90. The van der Waals surface area contributed by atoms with Crippen molar-refractivity contribution in [2.24, 2.45) is 0 Å². The van der Waals surface area contributed by atoms with Crippen molar-refractivity contribution in [3.63, 3.8) is 0 Å². The second-order valence-corrected chi connectivity index (χ2v) is 7.69. The molecule has 0 aromatic heterocycles. The van der Waals surface area contributed by atoms with Gasteiger partial charge in [0.15, 0.2) is 0 Å². The van der Waals surface area contributed by atoms with E-state index in [1.807, 2.05) is 0 Å². The van der Waals surface area contributed by atoms with Crippen molar-refractivity contribution < 1.29 is 0 Å². The topological polar surface area (TPSA) is 13.0 Å². The van der Waals surface area contributed by atoms with Gasteiger partial charge in [0.25, 0.3) is 0 Å². The highest BCUT2D eigenvalue weighted by atomic mass is 15.2. The van der Waals surface area contributed by atoms with Crippen LogP contribution in [-0.2, 0) is 0 Å². The van der Waals surface area contributed by atoms with E-state index in [4.69, 9.17) is 0 Å². The Labute approximate surface area is 147 Å². The molecule has 0 aromatic rings. The molecule has 1 atom stereocenters. The van der Waals surface area contributed by atoms with E-state index >= 15 is 0 Å². The van der Waals surface area contributed by atoms with Crippen molar-refractivity contribution >= 4 is 0 Å². The highest BCUT2D eigenvalue weighted by Gasteiger charge is 2.22. The third-order valence-corrected chi connectivity index (χ3v) is 4.83. The van der Waals surface area contributed by atoms with Crippen LogP contribution in [0.15, 0.2) is 0 Å². The molecule has 1 fully saturated rings. The third-order valence-electron chi connectivity index (χ3n) is 4.83. The van der Waals surface area contributed by atoms with Gasteiger partial charge in [-0.25, -0.2) is 0 Å². The standard InChI is InChI=1S/C10H22N2.C8H20N2.CH4/c1-9(2)12(4)8-10-6-5-7-11(10)3;1-8(2)10(5)7-6-9(3)4;/h9-10H,5-8H2,1-4H3;8H,6-7H2,1-5H3;1H4. The fourth-order valence-corrected chi connectivity index (χ4v) is 2.37. The Morgan fingerprint density at radius 3 is 1.78 bits per heavy atom. The lowest BCUT2D eigenvalue weighted by Crippen LogP contribution is -2.39. The van der Waals surface area contributed by atoms with Crippen LogP contribution >= 0.6 is 0 Å². The van der Waals surface area contributed by atoms with Gasteiger partial charge in [0.05, 0.1) is 0 Å². The number of likely N-dealkylation sites (tertiary alicyclic amines) is 1. The monoisotopic (exact) mass is 330 g/mol. The molecular weight excluding hydrogens is 284 g/mol. The van der Waals surface area contributed by atoms with E-state index in [9.17, 15) is 0 Å². The molecule has 1 unspecified atom stereocenters. The molecule has 0 radical (unpaired) electrons. The smallest absolute Gasteiger partial charge is 0.0220 e. The lowest BCUT2D eigenvalue weighted by Gasteiger charge is -2.28. The summed E-state index contributed by atoms with van der Waals surface area (Å²) in [7, 11) is 10.8. The lowest BCUT2D eigenvalue weighted by atomic mass is 10.2. The SMILES string of the molecule is C.CC(C)N(C)CC1CCCN1C.CC(C)N(C)CCN(C)C. The predicted octanol–water partition coefficient (Wildman–Crippen LogP) is 2.95. The van der Waals surface area contributed by atoms with Crippen LogP contribution in [-0.4, -0.2) is 99.1 Å². The summed E-state index contributed by atoms with van der Waals surface area (Å²) >= 11 is 0. The Hall–Kier alpha value is -0.160. The van der Waals surface area contributed by atoms with E-state index in [0.717, 1.165) is 19.1 Å². The van der Waals surface area contributed by atoms with Crippen molar-refractivity contribution in [2.75, 3.05) is 61.4 Å². The van der Waals surface area contributed by atoms with Crippen molar-refractivity contribution in [3.8, 4) is 0 Å². The van der Waals surface area contributed by atoms with Crippen LogP contribution < -0.4 is 0 Å². The summed E-state index contributed by atoms with van der Waals surface area (Å²) in [6.07, 6.45) is 2.76. The van der Waals surface area contributed by atoms with Gasteiger partial charge in [-0.3, -0.25) is 0 Å². The maximum Gasteiger partial charge on any atom is 0.0220 e. The van der Waals surface area contributed by atoms with E-state index in [-0.39, 0.29) is 7.43 Å². The van der Waals surface area contributed by atoms with E-state index in [1.54, 1.807) is 0 Å². The first kappa shape index (κ1) is 25.1. The lowest BCUT2D eigenvalue weighted by molar-refractivity contribution is 0.192. The summed E-state index contributed by atoms with van der Waals surface area (Å²) in [5.74, 6) is 0. The molecule has 0 spiro atoms. The Bertz CT molecular complexity index is 266. The molecule has 23 heavy (non-hydrogen) atoms. The van der Waals surface area contributed by atoms with Gasteiger partial charge in [-0.05, 0) is 82.3 Å². The highest BCUT2D eigenvalue weighted by molar-refractivity contribution is 4.79. The minimum Gasteiger partial charge on any atom is -0.308 e. The number of likely N-dealkylation sites (N-methyl/N-ethyl adjacent to an activating group) is 4. The van der Waals surface area contributed by atoms with Crippen molar-refractivity contribution in [1.29, 1.82) is 0 Å². The average molecular weight is 331 g/mol. The van der Waals surface area contributed by atoms with Crippen LogP contribution in [0.3, 0.4) is 0 Å². The van der Waals surface area contributed by atoms with Gasteiger partial charge in [0, 0.05) is 37.8 Å². The van der Waals surface area contributed by atoms with Crippen LogP contribution in [0.25, 0.3) is 0 Å². The van der Waals surface area contributed by atoms with Crippen molar-refractivity contribution in [1.82, 2.24) is 19.6 Å². The average Bonchev–Trinajstić information content (AvgIpc) is 2.81. The highest BCUT2D eigenvalue weighted by Crippen LogP contribution is 2.15. The number of hydrogen-bond acceptors (Lipinski definition) is 4. The number of nitrogens with zero attached hydrogens (tertiary/aromatic N) is 4. The second kappa shape index (κ2) is 13.2. The second-order valence-electron chi connectivity index (χ2n) is 7.69. The molecule has 1 heterocycles. The van der Waals surface area contributed by atoms with Gasteiger partial charge < -0.3 is 19.6 Å². The molecule has 4 nitrogen and oxygen atoms in total. The maximum atomic E-state index is 2.48. The van der Waals surface area contributed by atoms with Gasteiger partial charge in [-0.15, -0.1) is 0 Å². The largest absolute Gasteiger partial charge is 0.308 e. The van der Waals surface area contributed by atoms with Crippen LogP contribution in [0, 0.1) is 0 Å². The summed E-state index contributed by atoms with van der Waals surface area (Å²) in [6.45, 7) is 13.8. The van der Waals surface area contributed by atoms with Crippen LogP contribution in [0.1, 0.15) is 48.0 Å². The quantitative estimate of drug-likeness (QED) is 0.711. The van der Waals surface area contributed by atoms with Crippen molar-refractivity contribution in [3.05, 3.63) is 0 Å². The normalized spacial score (nSPS) is 18.8. The fraction of sp³-hybridized carbons (Fsp3) is 1.00. The van der Waals surface area contributed by atoms with Crippen LogP contribution in [0.4, 0.5) is 0 Å². The first-order chi connectivity index (χ1) is 10.1. The van der Waals surface area contributed by atoms with Gasteiger partial charge in [-0.2, -0.15) is 0 Å². The minimum absolute atomic E-state index is 0. The summed E-state index contributed by atoms with van der Waals surface area (Å²) in [4.78, 5) is 9.48. The van der Waals surface area contributed by atoms with Crippen LogP contribution in [0.5, 0.6) is 0 Å². The molecule has 4 heteroatoms. The molecule has 1 saturated heterocycles. The molecule has 0 saturated carbocycles. The molecule has 0 bridgehead atoms. The number of rotatable bonds is 7. The molecule has 142 valence electrons. The van der Waals surface area contributed by atoms with E-state index in [0.29, 0.717) is 12.1 Å². The number of hydrogen-bond donors (Lipinski definition) is 0. The summed E-state index contributed by atoms with van der Waals surface area (Å²) in [5.41, 5.74) is 0. The van der Waals surface area contributed by atoms with Gasteiger partial charge in [0.2, 0.25) is 0 Å². The summed E-state index contributed by atoms with van der Waals surface area (Å²) in [6, 6.07) is 2.15. The summed E-state index contributed by atoms with van der Waals surface area (Å²) < 4.78 is 0. The Balaban J connectivity index is 0. The molecular formula is C19H46N4. The molecule has 1 aliphatic heterocycles. The molecule has 0 amide bonds. The van der Waals surface area contributed by atoms with Crippen LogP contribution in [0.2, 0.25) is 0 Å². The van der Waals surface area contributed by atoms with E-state index < -0.39 is 0 Å². The molecule has 1 aliphatic rings. The molecule has 1 rings (SSSR count). The Morgan fingerprint density at radius 2 is 1.43 bits per heavy atom. The zero-order chi connectivity index (χ0) is 17.3. The molecule has 0 aliphatic carbocycles. The minimum atomic E-state index is 0. The maximum absolute atomic E-state index is 2.48. The van der Waals surface area contributed by atoms with Gasteiger partial charge in [-0.1, -0.05) is 7.43 Å². The summed E-state index contributed by atoms with van der Waals surface area (Å²) in [5, 5.41) is 0. The van der Waals surface area contributed by atoms with Crippen molar-refractivity contribution in [2.45, 2.75) is 66.1 Å². The van der Waals surface area contributed by atoms with E-state index in [1.165, 1.54) is 25.9 Å². The molecule has 0 aromatic carbocycles. The zero-order valence-electron chi connectivity index (χ0n) is 16.8. The first-order valence-electron chi connectivity index (χ1n) is 8.90. The Kier molecular flexibility index (Phi) is 14.4. The zero-order valence-corrected chi connectivity index (χ0v) is 16.8. The Morgan fingerprint density at radius 1 is 0.913 bits per heavy atom. The predicted molar refractivity (Wildman–Crippen MR) is 106 cm³/mol. The van der Waals surface area contributed by atoms with E-state index in [2.05, 4.69) is 82.5 Å².